The van der Waals surface area contributed by atoms with Crippen molar-refractivity contribution in [2.24, 2.45) is 10.7 Å². The van der Waals surface area contributed by atoms with Crippen LogP contribution >= 0.6 is 0 Å². The molecule has 0 saturated heterocycles. The normalized spacial score (nSPS) is 12.7. The minimum absolute atomic E-state index is 0.138. The third kappa shape index (κ3) is 4.46. The Morgan fingerprint density at radius 1 is 1.03 bits per heavy atom. The van der Waals surface area contributed by atoms with Crippen LogP contribution in [0.3, 0.4) is 0 Å². The van der Waals surface area contributed by atoms with Crippen LogP contribution in [-0.4, -0.2) is 26.1 Å². The van der Waals surface area contributed by atoms with Crippen LogP contribution in [0, 0.1) is 0 Å². The lowest BCUT2D eigenvalue weighted by atomic mass is 9.93. The summed E-state index contributed by atoms with van der Waals surface area (Å²) < 4.78 is 40.4. The van der Waals surface area contributed by atoms with Gasteiger partial charge in [0.15, 0.2) is 0 Å². The predicted octanol–water partition coefficient (Wildman–Crippen LogP) is 4.65. The summed E-state index contributed by atoms with van der Waals surface area (Å²) in [5.74, 6) is 0.587. The van der Waals surface area contributed by atoms with Gasteiger partial charge >= 0.3 is 0 Å². The topological polar surface area (TPSA) is 106 Å². The first-order chi connectivity index (χ1) is 15.4. The van der Waals surface area contributed by atoms with Crippen LogP contribution in [-0.2, 0) is 16.5 Å². The van der Waals surface area contributed by atoms with E-state index in [-0.39, 0.29) is 4.90 Å². The molecule has 0 spiro atoms. The van der Waals surface area contributed by atoms with Gasteiger partial charge in [0.2, 0.25) is 0 Å². The maximum atomic E-state index is 12.1. The monoisotopic (exact) mass is 450 g/mol. The molecule has 1 aliphatic carbocycles. The molecule has 0 atom stereocenters. The van der Waals surface area contributed by atoms with Crippen molar-refractivity contribution in [3.05, 3.63) is 71.6 Å². The van der Waals surface area contributed by atoms with Gasteiger partial charge in [-0.25, -0.2) is 0 Å². The second-order valence-electron chi connectivity index (χ2n) is 7.73. The highest BCUT2D eigenvalue weighted by Crippen LogP contribution is 2.42. The van der Waals surface area contributed by atoms with Gasteiger partial charge in [0.1, 0.15) is 16.2 Å². The molecule has 7 heteroatoms. The van der Waals surface area contributed by atoms with Crippen LogP contribution in [0.15, 0.2) is 75.0 Å². The zero-order chi connectivity index (χ0) is 22.7. The second kappa shape index (κ2) is 9.24. The van der Waals surface area contributed by atoms with E-state index in [1.807, 2.05) is 36.4 Å². The minimum atomic E-state index is -4.42. The predicted molar refractivity (Wildman–Crippen MR) is 126 cm³/mol. The Morgan fingerprint density at radius 3 is 2.59 bits per heavy atom. The van der Waals surface area contributed by atoms with Crippen molar-refractivity contribution in [1.82, 2.24) is 0 Å². The van der Waals surface area contributed by atoms with Crippen LogP contribution in [0.25, 0.3) is 33.4 Å². The van der Waals surface area contributed by atoms with E-state index >= 15 is 0 Å². The number of nitrogens with two attached hydrogens (primary N) is 1. The van der Waals surface area contributed by atoms with E-state index in [4.69, 9.17) is 10.2 Å². The van der Waals surface area contributed by atoms with Gasteiger partial charge in [-0.3, -0.25) is 9.55 Å². The van der Waals surface area contributed by atoms with Gasteiger partial charge in [-0.2, -0.15) is 8.42 Å². The summed E-state index contributed by atoms with van der Waals surface area (Å²) in [6, 6.07) is 18.0. The third-order valence-corrected chi connectivity index (χ3v) is 6.36. The van der Waals surface area contributed by atoms with E-state index in [1.165, 1.54) is 6.07 Å². The number of benzene rings is 3. The second-order valence-corrected chi connectivity index (χ2v) is 9.12. The molecule has 0 bridgehead atoms. The van der Waals surface area contributed by atoms with Crippen molar-refractivity contribution in [3.8, 4) is 22.5 Å². The lowest BCUT2D eigenvalue weighted by molar-refractivity contribution is 0.483. The molecule has 4 rings (SSSR count). The first-order valence-corrected chi connectivity index (χ1v) is 12.1. The van der Waals surface area contributed by atoms with Gasteiger partial charge in [0, 0.05) is 34.7 Å². The van der Waals surface area contributed by atoms with Crippen LogP contribution < -0.4 is 11.1 Å². The Morgan fingerprint density at radius 2 is 1.84 bits per heavy atom. The Labute approximate surface area is 187 Å². The van der Waals surface area contributed by atoms with Gasteiger partial charge in [-0.15, -0.1) is 0 Å². The first-order valence-electron chi connectivity index (χ1n) is 10.7. The Balaban J connectivity index is 2.08. The van der Waals surface area contributed by atoms with Crippen molar-refractivity contribution in [3.63, 3.8) is 0 Å². The zero-order valence-corrected chi connectivity index (χ0v) is 18.7. The summed E-state index contributed by atoms with van der Waals surface area (Å²) >= 11 is 0. The lowest BCUT2D eigenvalue weighted by Crippen LogP contribution is -2.09. The summed E-state index contributed by atoms with van der Waals surface area (Å²) in [7, 11) is -4.42. The average molecular weight is 451 g/mol. The third-order valence-electron chi connectivity index (χ3n) is 5.45. The molecule has 1 aliphatic heterocycles. The largest absolute Gasteiger partial charge is 0.456 e. The molecule has 6 nitrogen and oxygen atoms in total. The Bertz CT molecular complexity index is 1410. The zero-order valence-electron chi connectivity index (χ0n) is 17.9. The quantitative estimate of drug-likeness (QED) is 0.315. The molecule has 0 amide bonds. The highest BCUT2D eigenvalue weighted by molar-refractivity contribution is 7.86. The molecule has 0 aromatic heterocycles. The van der Waals surface area contributed by atoms with Crippen LogP contribution in [0.2, 0.25) is 0 Å². The number of aryl methyl sites for hydroxylation is 1. The molecule has 3 N–H and O–H groups in total. The van der Waals surface area contributed by atoms with Gasteiger partial charge in [-0.1, -0.05) is 43.7 Å². The average Bonchev–Trinajstić information content (AvgIpc) is 2.79. The van der Waals surface area contributed by atoms with Crippen molar-refractivity contribution in [2.75, 3.05) is 13.1 Å². The maximum absolute atomic E-state index is 12.1. The summed E-state index contributed by atoms with van der Waals surface area (Å²) in [5.41, 5.74) is 9.25. The Kier molecular flexibility index (Phi) is 6.41. The fourth-order valence-electron chi connectivity index (χ4n) is 3.94. The highest BCUT2D eigenvalue weighted by atomic mass is 32.2. The number of nitrogens with zero attached hydrogens (tertiary/aromatic N) is 1. The van der Waals surface area contributed by atoms with Gasteiger partial charge in [0.25, 0.3) is 10.1 Å². The van der Waals surface area contributed by atoms with E-state index in [2.05, 4.69) is 11.9 Å². The number of hydrogen-bond donors (Lipinski definition) is 2. The molecule has 0 saturated carbocycles. The number of fused-ring (bicyclic) bond motifs is 2. The molecule has 166 valence electrons. The van der Waals surface area contributed by atoms with E-state index in [9.17, 15) is 13.0 Å². The highest BCUT2D eigenvalue weighted by Gasteiger charge is 2.23. The Hall–Kier alpha value is -3.00. The van der Waals surface area contributed by atoms with Crippen molar-refractivity contribution >= 4 is 21.1 Å². The summed E-state index contributed by atoms with van der Waals surface area (Å²) in [6.07, 6.45) is 3.09. The van der Waals surface area contributed by atoms with Crippen molar-refractivity contribution in [2.45, 2.75) is 31.1 Å². The minimum Gasteiger partial charge on any atom is -0.456 e. The SMILES string of the molecule is CCCCc1ccc2c(-c3ccccc3S(=O)(=O)O)c3ccc(=NCCN)cc-3oc2c1. The van der Waals surface area contributed by atoms with Crippen molar-refractivity contribution in [1.29, 1.82) is 0 Å². The van der Waals surface area contributed by atoms with E-state index in [1.54, 1.807) is 18.2 Å². The molecule has 2 aromatic rings. The molecule has 0 fully saturated rings. The maximum Gasteiger partial charge on any atom is 0.295 e. The van der Waals surface area contributed by atoms with Gasteiger partial charge in [0.05, 0.1) is 11.9 Å². The molecule has 32 heavy (non-hydrogen) atoms. The smallest absolute Gasteiger partial charge is 0.295 e. The molecule has 1 heterocycles. The molecular weight excluding hydrogens is 424 g/mol. The van der Waals surface area contributed by atoms with Crippen molar-refractivity contribution < 1.29 is 17.4 Å². The summed E-state index contributed by atoms with van der Waals surface area (Å²) in [4.78, 5) is 4.31. The standard InChI is InChI=1S/C25H26N2O4S/c1-2-3-6-17-9-11-19-22(15-17)31-23-16-18(27-14-13-26)10-12-20(23)25(19)21-7-4-5-8-24(21)32(28,29)30/h4-5,7-12,15-16H,2-3,6,13-14,26H2,1H3,(H,28,29,30). The van der Waals surface area contributed by atoms with E-state index in [0.717, 1.165) is 41.1 Å². The number of rotatable bonds is 7. The lowest BCUT2D eigenvalue weighted by Gasteiger charge is -2.17. The van der Waals surface area contributed by atoms with Crippen LogP contribution in [0.4, 0.5) is 0 Å². The molecular formula is C25H26N2O4S. The van der Waals surface area contributed by atoms with Crippen LogP contribution in [0.5, 0.6) is 0 Å². The van der Waals surface area contributed by atoms with Gasteiger partial charge in [-0.05, 0) is 42.7 Å². The molecule has 2 aromatic carbocycles. The molecule has 2 aliphatic rings. The molecule has 0 radical (unpaired) electrons. The van der Waals surface area contributed by atoms with Gasteiger partial charge < -0.3 is 10.2 Å². The number of unbranched alkanes of at least 4 members (excludes halogenated alkanes) is 1. The first kappa shape index (κ1) is 22.2. The summed E-state index contributed by atoms with van der Waals surface area (Å²) in [6.45, 7) is 3.09. The fraction of sp³-hybridized carbons (Fsp3) is 0.240. The summed E-state index contributed by atoms with van der Waals surface area (Å²) in [5, 5.41) is 1.52. The van der Waals surface area contributed by atoms with E-state index < -0.39 is 10.1 Å². The number of hydrogen-bond acceptors (Lipinski definition) is 5. The fourth-order valence-corrected chi connectivity index (χ4v) is 4.64. The molecule has 0 unspecified atom stereocenters. The van der Waals surface area contributed by atoms with Crippen LogP contribution in [0.1, 0.15) is 25.3 Å². The van der Waals surface area contributed by atoms with E-state index in [0.29, 0.717) is 35.6 Å².